The first-order valence-electron chi connectivity index (χ1n) is 4.89. The molecule has 78 valence electrons. The molecule has 16 heavy (non-hydrogen) atoms. The van der Waals surface area contributed by atoms with Crippen molar-refractivity contribution in [3.63, 3.8) is 0 Å². The Morgan fingerprint density at radius 2 is 1.94 bits per heavy atom. The van der Waals surface area contributed by atoms with Crippen molar-refractivity contribution in [2.24, 2.45) is 0 Å². The van der Waals surface area contributed by atoms with Gasteiger partial charge in [-0.15, -0.1) is 0 Å². The number of nitrogens with zero attached hydrogens (tertiary/aromatic N) is 3. The van der Waals surface area contributed by atoms with Gasteiger partial charge < -0.3 is 0 Å². The molecule has 1 aromatic carbocycles. The third-order valence-electron chi connectivity index (χ3n) is 2.42. The van der Waals surface area contributed by atoms with Gasteiger partial charge in [0.1, 0.15) is 6.33 Å². The molecule has 0 saturated heterocycles. The second-order valence-corrected chi connectivity index (χ2v) is 3.89. The molecule has 2 heterocycles. The first-order chi connectivity index (χ1) is 7.84. The van der Waals surface area contributed by atoms with E-state index in [0.29, 0.717) is 0 Å². The topological polar surface area (TPSA) is 30.2 Å². The first-order valence-corrected chi connectivity index (χ1v) is 5.27. The van der Waals surface area contributed by atoms with Gasteiger partial charge in [-0.25, -0.2) is 9.50 Å². The average Bonchev–Trinajstić information content (AvgIpc) is 2.76. The summed E-state index contributed by atoms with van der Waals surface area (Å²) in [6.45, 7) is 0. The van der Waals surface area contributed by atoms with E-state index >= 15 is 0 Å². The second kappa shape index (κ2) is 3.61. The highest BCUT2D eigenvalue weighted by atomic mass is 35.5. The minimum Gasteiger partial charge on any atom is -0.215 e. The maximum atomic E-state index is 5.97. The molecule has 3 aromatic rings. The minimum absolute atomic E-state index is 0.717. The van der Waals surface area contributed by atoms with Crippen LogP contribution in [0.1, 0.15) is 0 Å². The summed E-state index contributed by atoms with van der Waals surface area (Å²) < 4.78 is 1.80. The Hall–Kier alpha value is -1.87. The first kappa shape index (κ1) is 9.36. The third-order valence-corrected chi connectivity index (χ3v) is 2.66. The van der Waals surface area contributed by atoms with Crippen LogP contribution in [-0.2, 0) is 0 Å². The van der Waals surface area contributed by atoms with Crippen molar-refractivity contribution in [2.45, 2.75) is 0 Å². The van der Waals surface area contributed by atoms with Gasteiger partial charge in [0.25, 0.3) is 0 Å². The Bertz CT molecular complexity index is 645. The van der Waals surface area contributed by atoms with Crippen molar-refractivity contribution in [3.05, 3.63) is 53.8 Å². The maximum Gasteiger partial charge on any atom is 0.155 e. The third kappa shape index (κ3) is 1.46. The molecule has 3 nitrogen and oxygen atoms in total. The van der Waals surface area contributed by atoms with Crippen molar-refractivity contribution in [3.8, 4) is 11.3 Å². The zero-order valence-electron chi connectivity index (χ0n) is 8.34. The van der Waals surface area contributed by atoms with E-state index in [0.717, 1.165) is 21.9 Å². The van der Waals surface area contributed by atoms with E-state index in [2.05, 4.69) is 10.1 Å². The van der Waals surface area contributed by atoms with E-state index in [1.165, 1.54) is 0 Å². The SMILES string of the molecule is Clc1cccc(-c2cccc3ncnn23)c1. The van der Waals surface area contributed by atoms with Gasteiger partial charge in [-0.2, -0.15) is 5.10 Å². The Kier molecular flexibility index (Phi) is 2.11. The lowest BCUT2D eigenvalue weighted by atomic mass is 10.1. The van der Waals surface area contributed by atoms with E-state index in [1.807, 2.05) is 42.5 Å². The lowest BCUT2D eigenvalue weighted by Gasteiger charge is -2.04. The van der Waals surface area contributed by atoms with Crippen molar-refractivity contribution < 1.29 is 0 Å². The van der Waals surface area contributed by atoms with E-state index in [1.54, 1.807) is 10.8 Å². The van der Waals surface area contributed by atoms with Crippen molar-refractivity contribution >= 4 is 17.2 Å². The number of hydrogen-bond acceptors (Lipinski definition) is 2. The fraction of sp³-hybridized carbons (Fsp3) is 0. The van der Waals surface area contributed by atoms with Gasteiger partial charge in [-0.1, -0.05) is 29.8 Å². The predicted octanol–water partition coefficient (Wildman–Crippen LogP) is 3.05. The van der Waals surface area contributed by atoms with Crippen LogP contribution in [-0.4, -0.2) is 14.6 Å². The minimum atomic E-state index is 0.717. The van der Waals surface area contributed by atoms with Gasteiger partial charge in [-0.05, 0) is 24.3 Å². The summed E-state index contributed by atoms with van der Waals surface area (Å²) in [6, 6.07) is 13.6. The number of pyridine rings is 1. The molecule has 0 atom stereocenters. The fourth-order valence-electron chi connectivity index (χ4n) is 1.71. The molecule has 3 rings (SSSR count). The van der Waals surface area contributed by atoms with Crippen LogP contribution in [0.25, 0.3) is 16.9 Å². The molecule has 0 saturated carbocycles. The van der Waals surface area contributed by atoms with Gasteiger partial charge in [-0.3, -0.25) is 0 Å². The highest BCUT2D eigenvalue weighted by molar-refractivity contribution is 6.30. The number of rotatable bonds is 1. The molecule has 0 bridgehead atoms. The van der Waals surface area contributed by atoms with E-state index in [4.69, 9.17) is 11.6 Å². The molecule has 0 aliphatic heterocycles. The number of fused-ring (bicyclic) bond motifs is 1. The van der Waals surface area contributed by atoms with Gasteiger partial charge in [0, 0.05) is 10.6 Å². The lowest BCUT2D eigenvalue weighted by molar-refractivity contribution is 0.969. The monoisotopic (exact) mass is 229 g/mol. The van der Waals surface area contributed by atoms with Crippen LogP contribution in [0, 0.1) is 0 Å². The number of halogens is 1. The molecule has 0 radical (unpaired) electrons. The summed E-state index contributed by atoms with van der Waals surface area (Å²) in [5.41, 5.74) is 2.85. The van der Waals surface area contributed by atoms with Crippen LogP contribution in [0.4, 0.5) is 0 Å². The zero-order chi connectivity index (χ0) is 11.0. The average molecular weight is 230 g/mol. The molecule has 0 fully saturated rings. The Morgan fingerprint density at radius 3 is 2.81 bits per heavy atom. The van der Waals surface area contributed by atoms with Crippen LogP contribution in [0.15, 0.2) is 48.8 Å². The fourth-order valence-corrected chi connectivity index (χ4v) is 1.90. The van der Waals surface area contributed by atoms with Crippen molar-refractivity contribution in [2.75, 3.05) is 0 Å². The van der Waals surface area contributed by atoms with Crippen LogP contribution in [0.3, 0.4) is 0 Å². The summed E-state index contributed by atoms with van der Waals surface area (Å²) in [5.74, 6) is 0. The number of aromatic nitrogens is 3. The van der Waals surface area contributed by atoms with Gasteiger partial charge in [0.15, 0.2) is 5.65 Å². The summed E-state index contributed by atoms with van der Waals surface area (Å²) in [7, 11) is 0. The molecular weight excluding hydrogens is 222 g/mol. The molecule has 0 amide bonds. The van der Waals surface area contributed by atoms with E-state index in [-0.39, 0.29) is 0 Å². The predicted molar refractivity (Wildman–Crippen MR) is 63.4 cm³/mol. The van der Waals surface area contributed by atoms with Crippen molar-refractivity contribution in [1.29, 1.82) is 0 Å². The van der Waals surface area contributed by atoms with E-state index < -0.39 is 0 Å². The largest absolute Gasteiger partial charge is 0.215 e. The van der Waals surface area contributed by atoms with Crippen LogP contribution in [0.5, 0.6) is 0 Å². The van der Waals surface area contributed by atoms with Crippen molar-refractivity contribution in [1.82, 2.24) is 14.6 Å². The standard InChI is InChI=1S/C12H8ClN3/c13-10-4-1-3-9(7-10)11-5-2-6-12-14-8-15-16(11)12/h1-8H. The number of hydrogen-bond donors (Lipinski definition) is 0. The molecule has 0 aliphatic carbocycles. The summed E-state index contributed by atoms with van der Waals surface area (Å²) >= 11 is 5.97. The molecule has 0 N–H and O–H groups in total. The summed E-state index contributed by atoms with van der Waals surface area (Å²) in [4.78, 5) is 4.15. The molecule has 0 unspecified atom stereocenters. The highest BCUT2D eigenvalue weighted by Gasteiger charge is 2.04. The normalized spacial score (nSPS) is 10.8. The molecular formula is C12H8ClN3. The van der Waals surface area contributed by atoms with Gasteiger partial charge >= 0.3 is 0 Å². The summed E-state index contributed by atoms with van der Waals surface area (Å²) in [5, 5.41) is 4.90. The lowest BCUT2D eigenvalue weighted by Crippen LogP contribution is -1.93. The Balaban J connectivity index is 2.29. The molecule has 0 aliphatic rings. The highest BCUT2D eigenvalue weighted by Crippen LogP contribution is 2.22. The summed E-state index contributed by atoms with van der Waals surface area (Å²) in [6.07, 6.45) is 1.55. The smallest absolute Gasteiger partial charge is 0.155 e. The number of benzene rings is 1. The zero-order valence-corrected chi connectivity index (χ0v) is 9.09. The molecule has 0 spiro atoms. The van der Waals surface area contributed by atoms with Gasteiger partial charge in [0.05, 0.1) is 5.69 Å². The van der Waals surface area contributed by atoms with E-state index in [9.17, 15) is 0 Å². The quantitative estimate of drug-likeness (QED) is 0.642. The van der Waals surface area contributed by atoms with Crippen LogP contribution >= 0.6 is 11.6 Å². The second-order valence-electron chi connectivity index (χ2n) is 3.45. The maximum absolute atomic E-state index is 5.97. The molecule has 4 heteroatoms. The molecule has 2 aromatic heterocycles. The van der Waals surface area contributed by atoms with Crippen LogP contribution < -0.4 is 0 Å². The van der Waals surface area contributed by atoms with Crippen LogP contribution in [0.2, 0.25) is 5.02 Å². The Labute approximate surface area is 97.3 Å². The Morgan fingerprint density at radius 1 is 1.06 bits per heavy atom. The van der Waals surface area contributed by atoms with Gasteiger partial charge in [0.2, 0.25) is 0 Å².